The van der Waals surface area contributed by atoms with Crippen LogP contribution in [0.4, 0.5) is 8.78 Å². The summed E-state index contributed by atoms with van der Waals surface area (Å²) in [5.74, 6) is 5.95. The van der Waals surface area contributed by atoms with Crippen LogP contribution < -0.4 is 0 Å². The number of hydrogen-bond donors (Lipinski definition) is 0. The Morgan fingerprint density at radius 3 is 2.23 bits per heavy atom. The van der Waals surface area contributed by atoms with Gasteiger partial charge in [-0.3, -0.25) is 0 Å². The molecule has 2 aromatic rings. The fraction of sp³-hybridized carbons (Fsp3) is 0.417. The van der Waals surface area contributed by atoms with Crippen LogP contribution in [-0.2, 0) is 6.42 Å². The lowest BCUT2D eigenvalue weighted by molar-refractivity contribution is 0.384. The van der Waals surface area contributed by atoms with E-state index < -0.39 is 11.6 Å². The zero-order chi connectivity index (χ0) is 18.5. The molecule has 0 spiro atoms. The third-order valence-electron chi connectivity index (χ3n) is 5.45. The van der Waals surface area contributed by atoms with Gasteiger partial charge in [0, 0.05) is 11.5 Å². The van der Waals surface area contributed by atoms with Gasteiger partial charge in [0.15, 0.2) is 11.6 Å². The third-order valence-corrected chi connectivity index (χ3v) is 5.45. The minimum Gasteiger partial charge on any atom is -0.203 e. The van der Waals surface area contributed by atoms with Crippen molar-refractivity contribution in [3.05, 3.63) is 59.2 Å². The highest BCUT2D eigenvalue weighted by Crippen LogP contribution is 2.36. The van der Waals surface area contributed by atoms with Crippen molar-refractivity contribution >= 4 is 0 Å². The Morgan fingerprint density at radius 1 is 0.923 bits per heavy atom. The van der Waals surface area contributed by atoms with E-state index in [1.807, 2.05) is 26.0 Å². The molecule has 0 bridgehead atoms. The average Bonchev–Trinajstić information content (AvgIpc) is 2.67. The maximum absolute atomic E-state index is 14.5. The maximum Gasteiger partial charge on any atom is 0.166 e. The van der Waals surface area contributed by atoms with E-state index in [1.54, 1.807) is 12.1 Å². The van der Waals surface area contributed by atoms with Crippen molar-refractivity contribution in [2.45, 2.75) is 58.3 Å². The van der Waals surface area contributed by atoms with Crippen molar-refractivity contribution in [2.75, 3.05) is 0 Å². The fourth-order valence-corrected chi connectivity index (χ4v) is 3.98. The van der Waals surface area contributed by atoms with Gasteiger partial charge in [0.1, 0.15) is 0 Å². The van der Waals surface area contributed by atoms with E-state index in [-0.39, 0.29) is 0 Å². The van der Waals surface area contributed by atoms with Crippen molar-refractivity contribution in [2.24, 2.45) is 5.92 Å². The van der Waals surface area contributed by atoms with Gasteiger partial charge in [-0.25, -0.2) is 8.78 Å². The van der Waals surface area contributed by atoms with Gasteiger partial charge >= 0.3 is 0 Å². The summed E-state index contributed by atoms with van der Waals surface area (Å²) in [6.07, 6.45) is 5.95. The Bertz CT molecular complexity index is 801. The molecule has 0 atom stereocenters. The van der Waals surface area contributed by atoms with Gasteiger partial charge in [0.05, 0.1) is 0 Å². The molecule has 0 heterocycles. The first-order chi connectivity index (χ1) is 12.6. The molecule has 0 amide bonds. The first-order valence-corrected chi connectivity index (χ1v) is 9.63. The molecule has 26 heavy (non-hydrogen) atoms. The van der Waals surface area contributed by atoms with E-state index >= 15 is 0 Å². The van der Waals surface area contributed by atoms with Crippen LogP contribution in [-0.4, -0.2) is 0 Å². The van der Waals surface area contributed by atoms with Crippen LogP contribution in [0.3, 0.4) is 0 Å². The Balaban J connectivity index is 1.76. The highest BCUT2D eigenvalue weighted by Gasteiger charge is 2.21. The normalized spacial score (nSPS) is 19.7. The molecule has 0 radical (unpaired) electrons. The van der Waals surface area contributed by atoms with Gasteiger partial charge in [-0.05, 0) is 61.6 Å². The lowest BCUT2D eigenvalue weighted by Gasteiger charge is -2.26. The molecule has 3 rings (SSSR count). The number of halogens is 2. The van der Waals surface area contributed by atoms with Crippen LogP contribution >= 0.6 is 0 Å². The lowest BCUT2D eigenvalue weighted by Crippen LogP contribution is -2.12. The van der Waals surface area contributed by atoms with Crippen LogP contribution in [0, 0.1) is 29.4 Å². The molecule has 1 fully saturated rings. The molecule has 1 aliphatic rings. The molecular formula is C24H26F2. The summed E-state index contributed by atoms with van der Waals surface area (Å²) in [5, 5.41) is 0. The van der Waals surface area contributed by atoms with Gasteiger partial charge in [0.25, 0.3) is 0 Å². The van der Waals surface area contributed by atoms with Crippen molar-refractivity contribution in [1.29, 1.82) is 0 Å². The van der Waals surface area contributed by atoms with E-state index in [0.717, 1.165) is 37.7 Å². The molecule has 2 heteroatoms. The zero-order valence-electron chi connectivity index (χ0n) is 15.6. The minimum atomic E-state index is -0.734. The summed E-state index contributed by atoms with van der Waals surface area (Å²) >= 11 is 0. The monoisotopic (exact) mass is 352 g/mol. The first kappa shape index (κ1) is 18.6. The van der Waals surface area contributed by atoms with Crippen molar-refractivity contribution in [3.8, 4) is 23.0 Å². The predicted molar refractivity (Wildman–Crippen MR) is 104 cm³/mol. The zero-order valence-corrected chi connectivity index (χ0v) is 15.6. The Hall–Kier alpha value is -2.14. The maximum atomic E-state index is 14.5. The van der Waals surface area contributed by atoms with Gasteiger partial charge in [0.2, 0.25) is 0 Å². The topological polar surface area (TPSA) is 0 Å². The minimum absolute atomic E-state index is 0.343. The Kier molecular flexibility index (Phi) is 6.09. The molecule has 0 aliphatic heterocycles. The molecule has 2 aromatic carbocycles. The molecule has 136 valence electrons. The Morgan fingerprint density at radius 2 is 1.62 bits per heavy atom. The van der Waals surface area contributed by atoms with Crippen molar-refractivity contribution < 1.29 is 8.78 Å². The van der Waals surface area contributed by atoms with E-state index in [0.29, 0.717) is 29.4 Å². The second kappa shape index (κ2) is 8.49. The molecular weight excluding hydrogens is 326 g/mol. The molecule has 0 nitrogen and oxygen atoms in total. The fourth-order valence-electron chi connectivity index (χ4n) is 3.98. The molecule has 0 unspecified atom stereocenters. The number of aryl methyl sites for hydroxylation is 1. The summed E-state index contributed by atoms with van der Waals surface area (Å²) in [6.45, 7) is 3.87. The van der Waals surface area contributed by atoms with Crippen LogP contribution in [0.25, 0.3) is 11.1 Å². The van der Waals surface area contributed by atoms with Gasteiger partial charge in [-0.1, -0.05) is 49.7 Å². The summed E-state index contributed by atoms with van der Waals surface area (Å²) in [6, 6.07) is 11.4. The number of rotatable bonds is 4. The summed E-state index contributed by atoms with van der Waals surface area (Å²) in [4.78, 5) is 0. The van der Waals surface area contributed by atoms with E-state index in [4.69, 9.17) is 0 Å². The summed E-state index contributed by atoms with van der Waals surface area (Å²) in [7, 11) is 0. The van der Waals surface area contributed by atoms with Crippen LogP contribution in [0.15, 0.2) is 36.4 Å². The highest BCUT2D eigenvalue weighted by molar-refractivity contribution is 5.65. The molecule has 1 saturated carbocycles. The van der Waals surface area contributed by atoms with E-state index in [9.17, 15) is 8.78 Å². The van der Waals surface area contributed by atoms with Crippen molar-refractivity contribution in [1.82, 2.24) is 0 Å². The number of hydrogen-bond acceptors (Lipinski definition) is 0. The molecule has 1 aliphatic carbocycles. The molecule has 0 aromatic heterocycles. The van der Waals surface area contributed by atoms with Gasteiger partial charge in [-0.2, -0.15) is 0 Å². The molecule has 0 saturated heterocycles. The average molecular weight is 352 g/mol. The van der Waals surface area contributed by atoms with Gasteiger partial charge < -0.3 is 0 Å². The van der Waals surface area contributed by atoms with Crippen molar-refractivity contribution in [3.63, 3.8) is 0 Å². The van der Waals surface area contributed by atoms with E-state index in [1.165, 1.54) is 5.56 Å². The second-order valence-corrected chi connectivity index (χ2v) is 7.22. The van der Waals surface area contributed by atoms with Gasteiger partial charge in [-0.15, -0.1) is 11.8 Å². The Labute approximate surface area is 155 Å². The first-order valence-electron chi connectivity index (χ1n) is 9.63. The van der Waals surface area contributed by atoms with E-state index in [2.05, 4.69) is 24.0 Å². The summed E-state index contributed by atoms with van der Waals surface area (Å²) in [5.41, 5.74) is 2.83. The molecule has 0 N–H and O–H groups in total. The highest BCUT2D eigenvalue weighted by atomic mass is 19.2. The second-order valence-electron chi connectivity index (χ2n) is 7.22. The third kappa shape index (κ3) is 3.98. The quantitative estimate of drug-likeness (QED) is 0.526. The lowest BCUT2D eigenvalue weighted by atomic mass is 9.79. The van der Waals surface area contributed by atoms with Crippen LogP contribution in [0.5, 0.6) is 0 Å². The predicted octanol–water partition coefficient (Wildman–Crippen LogP) is 6.88. The largest absolute Gasteiger partial charge is 0.203 e. The van der Waals surface area contributed by atoms with Crippen LogP contribution in [0.1, 0.15) is 63.0 Å². The smallest absolute Gasteiger partial charge is 0.166 e. The standard InChI is InChI=1S/C24H26F2/c1-3-5-17-7-9-18(10-8-17)19-11-13-20(14-12-19)22-16-15-21(6-4-2)23(25)24(22)26/h11-18H,4,6-10H2,1-2H3. The summed E-state index contributed by atoms with van der Waals surface area (Å²) < 4.78 is 28.7. The van der Waals surface area contributed by atoms with Crippen LogP contribution in [0.2, 0.25) is 0 Å². The SMILES string of the molecule is CC#CC1CCC(c2ccc(-c3ccc(CCC)c(F)c3F)cc2)CC1. The number of benzene rings is 2.